The SMILES string of the molecule is CNS(=O)(=O)c1ccc2c(c1)Oc1cc(Cc3ccc(C(F)(F)F)c(Cl)c3)ccc1N2. The highest BCUT2D eigenvalue weighted by atomic mass is 35.5. The largest absolute Gasteiger partial charge is 0.453 e. The molecule has 0 bridgehead atoms. The van der Waals surface area contributed by atoms with Crippen LogP contribution in [0.3, 0.4) is 0 Å². The zero-order valence-corrected chi connectivity index (χ0v) is 17.6. The molecule has 3 aromatic rings. The first-order valence-corrected chi connectivity index (χ1v) is 10.9. The van der Waals surface area contributed by atoms with Crippen molar-refractivity contribution in [2.24, 2.45) is 0 Å². The van der Waals surface area contributed by atoms with Crippen molar-refractivity contribution >= 4 is 33.0 Å². The van der Waals surface area contributed by atoms with Crippen LogP contribution in [0, 0.1) is 0 Å². The van der Waals surface area contributed by atoms with Crippen molar-refractivity contribution in [2.75, 3.05) is 12.4 Å². The summed E-state index contributed by atoms with van der Waals surface area (Å²) >= 11 is 5.81. The molecule has 1 heterocycles. The minimum atomic E-state index is -4.51. The van der Waals surface area contributed by atoms with E-state index in [1.165, 1.54) is 31.3 Å². The van der Waals surface area contributed by atoms with E-state index in [0.717, 1.165) is 11.6 Å². The molecule has 0 amide bonds. The number of anilines is 2. The van der Waals surface area contributed by atoms with Crippen LogP contribution < -0.4 is 14.8 Å². The van der Waals surface area contributed by atoms with E-state index in [0.29, 0.717) is 34.9 Å². The number of hydrogen-bond acceptors (Lipinski definition) is 4. The van der Waals surface area contributed by atoms with Gasteiger partial charge in [0, 0.05) is 6.07 Å². The van der Waals surface area contributed by atoms with Crippen molar-refractivity contribution in [1.82, 2.24) is 4.72 Å². The van der Waals surface area contributed by atoms with E-state index in [1.807, 2.05) is 6.07 Å². The Morgan fingerprint density at radius 2 is 1.58 bits per heavy atom. The highest BCUT2D eigenvalue weighted by molar-refractivity contribution is 7.89. The fraction of sp³-hybridized carbons (Fsp3) is 0.143. The van der Waals surface area contributed by atoms with E-state index >= 15 is 0 Å². The molecule has 10 heteroatoms. The molecular weight excluding hydrogens is 453 g/mol. The van der Waals surface area contributed by atoms with Crippen molar-refractivity contribution in [3.8, 4) is 11.5 Å². The summed E-state index contributed by atoms with van der Waals surface area (Å²) in [6.45, 7) is 0. The highest BCUT2D eigenvalue weighted by Crippen LogP contribution is 2.43. The van der Waals surface area contributed by atoms with E-state index < -0.39 is 21.8 Å². The van der Waals surface area contributed by atoms with E-state index in [2.05, 4.69) is 10.0 Å². The second-order valence-electron chi connectivity index (χ2n) is 6.91. The minimum absolute atomic E-state index is 0.0644. The van der Waals surface area contributed by atoms with Gasteiger partial charge in [-0.2, -0.15) is 13.2 Å². The number of fused-ring (bicyclic) bond motifs is 2. The fourth-order valence-corrected chi connectivity index (χ4v) is 4.29. The predicted octanol–water partition coefficient (Wildman–Crippen LogP) is 5.71. The van der Waals surface area contributed by atoms with E-state index in [4.69, 9.17) is 16.3 Å². The lowest BCUT2D eigenvalue weighted by molar-refractivity contribution is -0.137. The molecule has 0 saturated carbocycles. The van der Waals surface area contributed by atoms with Gasteiger partial charge in [-0.05, 0) is 61.0 Å². The predicted molar refractivity (Wildman–Crippen MR) is 112 cm³/mol. The quantitative estimate of drug-likeness (QED) is 0.403. The lowest BCUT2D eigenvalue weighted by atomic mass is 10.0. The maximum atomic E-state index is 12.9. The molecule has 1 aliphatic rings. The van der Waals surface area contributed by atoms with Crippen LogP contribution in [0.25, 0.3) is 0 Å². The number of sulfonamides is 1. The van der Waals surface area contributed by atoms with Crippen LogP contribution in [-0.4, -0.2) is 15.5 Å². The minimum Gasteiger partial charge on any atom is -0.453 e. The first-order chi connectivity index (χ1) is 14.6. The Morgan fingerprint density at radius 1 is 0.968 bits per heavy atom. The Morgan fingerprint density at radius 3 is 2.23 bits per heavy atom. The van der Waals surface area contributed by atoms with E-state index in [9.17, 15) is 21.6 Å². The smallest absolute Gasteiger partial charge is 0.417 e. The third-order valence-electron chi connectivity index (χ3n) is 4.81. The summed E-state index contributed by atoms with van der Waals surface area (Å²) in [5.41, 5.74) is 1.83. The van der Waals surface area contributed by atoms with Gasteiger partial charge < -0.3 is 10.1 Å². The van der Waals surface area contributed by atoms with Gasteiger partial charge in [-0.15, -0.1) is 0 Å². The van der Waals surface area contributed by atoms with Crippen molar-refractivity contribution in [3.63, 3.8) is 0 Å². The van der Waals surface area contributed by atoms with Gasteiger partial charge >= 0.3 is 6.18 Å². The summed E-state index contributed by atoms with van der Waals surface area (Å²) in [5, 5.41) is 2.82. The molecule has 0 aliphatic carbocycles. The highest BCUT2D eigenvalue weighted by Gasteiger charge is 2.33. The molecule has 0 atom stereocenters. The molecule has 1 aliphatic heterocycles. The normalized spacial score (nSPS) is 13.1. The summed E-state index contributed by atoms with van der Waals surface area (Å²) in [5.74, 6) is 0.820. The summed E-state index contributed by atoms with van der Waals surface area (Å²) < 4.78 is 70.9. The molecule has 3 aromatic carbocycles. The van der Waals surface area contributed by atoms with Crippen molar-refractivity contribution in [2.45, 2.75) is 17.5 Å². The molecule has 0 spiro atoms. The van der Waals surface area contributed by atoms with E-state index in [1.54, 1.807) is 18.2 Å². The number of alkyl halides is 3. The number of benzene rings is 3. The van der Waals surface area contributed by atoms with Crippen LogP contribution in [0.4, 0.5) is 24.5 Å². The monoisotopic (exact) mass is 468 g/mol. The summed E-state index contributed by atoms with van der Waals surface area (Å²) in [7, 11) is -2.30. The van der Waals surface area contributed by atoms with Gasteiger partial charge in [0.2, 0.25) is 10.0 Å². The molecule has 0 unspecified atom stereocenters. The molecule has 2 N–H and O–H groups in total. The molecule has 0 radical (unpaired) electrons. The van der Waals surface area contributed by atoms with Crippen LogP contribution in [0.15, 0.2) is 59.5 Å². The Hall–Kier alpha value is -2.75. The Balaban J connectivity index is 1.59. The molecule has 0 aromatic heterocycles. The van der Waals surface area contributed by atoms with Crippen molar-refractivity contribution in [1.29, 1.82) is 0 Å². The van der Waals surface area contributed by atoms with Crippen LogP contribution >= 0.6 is 11.6 Å². The Kier molecular flexibility index (Phi) is 5.36. The number of rotatable bonds is 4. The Bertz CT molecular complexity index is 1280. The number of halogens is 4. The van der Waals surface area contributed by atoms with Gasteiger partial charge in [-0.3, -0.25) is 0 Å². The standard InChI is InChI=1S/C21H16ClF3N2O3S/c1-26-31(28,29)14-4-7-18-20(11-14)30-19-10-13(3-6-17(19)27-18)8-12-2-5-15(16(22)9-12)21(23,24)25/h2-7,9-11,26-27H,8H2,1H3. The van der Waals surface area contributed by atoms with Gasteiger partial charge in [0.1, 0.15) is 0 Å². The molecule has 5 nitrogen and oxygen atoms in total. The Labute approximate surface area is 181 Å². The number of nitrogens with one attached hydrogen (secondary N) is 2. The lowest BCUT2D eigenvalue weighted by Crippen LogP contribution is -2.18. The third kappa shape index (κ3) is 4.34. The van der Waals surface area contributed by atoms with Gasteiger partial charge in [-0.25, -0.2) is 13.1 Å². The molecule has 162 valence electrons. The van der Waals surface area contributed by atoms with Crippen LogP contribution in [-0.2, 0) is 22.6 Å². The fourth-order valence-electron chi connectivity index (χ4n) is 3.24. The summed E-state index contributed by atoms with van der Waals surface area (Å²) in [6.07, 6.45) is -4.16. The molecule has 4 rings (SSSR count). The van der Waals surface area contributed by atoms with Gasteiger partial charge in [-0.1, -0.05) is 23.7 Å². The maximum absolute atomic E-state index is 12.9. The summed E-state index contributed by atoms with van der Waals surface area (Å²) in [6, 6.07) is 13.5. The molecule has 0 fully saturated rings. The average molecular weight is 469 g/mol. The van der Waals surface area contributed by atoms with E-state index in [-0.39, 0.29) is 9.92 Å². The zero-order chi connectivity index (χ0) is 22.4. The van der Waals surface area contributed by atoms with Crippen molar-refractivity contribution < 1.29 is 26.3 Å². The second-order valence-corrected chi connectivity index (χ2v) is 9.21. The van der Waals surface area contributed by atoms with Crippen molar-refractivity contribution in [3.05, 3.63) is 76.3 Å². The van der Waals surface area contributed by atoms with Gasteiger partial charge in [0.25, 0.3) is 0 Å². The lowest BCUT2D eigenvalue weighted by Gasteiger charge is -2.23. The number of ether oxygens (including phenoxy) is 1. The van der Waals surface area contributed by atoms with Crippen LogP contribution in [0.2, 0.25) is 5.02 Å². The molecule has 0 saturated heterocycles. The van der Waals surface area contributed by atoms with Crippen LogP contribution in [0.1, 0.15) is 16.7 Å². The van der Waals surface area contributed by atoms with Crippen LogP contribution in [0.5, 0.6) is 11.5 Å². The first-order valence-electron chi connectivity index (χ1n) is 9.08. The molecular formula is C21H16ClF3N2O3S. The summed E-state index contributed by atoms with van der Waals surface area (Å²) in [4.78, 5) is 0.0644. The average Bonchev–Trinajstić information content (AvgIpc) is 2.71. The third-order valence-corrected chi connectivity index (χ3v) is 6.54. The zero-order valence-electron chi connectivity index (χ0n) is 16.0. The number of hydrogen-bond donors (Lipinski definition) is 2. The van der Waals surface area contributed by atoms with Gasteiger partial charge in [0.15, 0.2) is 11.5 Å². The maximum Gasteiger partial charge on any atom is 0.417 e. The van der Waals surface area contributed by atoms with Gasteiger partial charge in [0.05, 0.1) is 26.9 Å². The topological polar surface area (TPSA) is 67.4 Å². The molecule has 31 heavy (non-hydrogen) atoms. The second kappa shape index (κ2) is 7.74. The first kappa shape index (κ1) is 21.5.